The summed E-state index contributed by atoms with van der Waals surface area (Å²) < 4.78 is 0. The Kier molecular flexibility index (Phi) is 6.03. The average molecular weight is 258 g/mol. The summed E-state index contributed by atoms with van der Waals surface area (Å²) in [5.41, 5.74) is 5.29. The molecule has 1 amide bonds. The van der Waals surface area contributed by atoms with E-state index in [-0.39, 0.29) is 12.5 Å². The van der Waals surface area contributed by atoms with Crippen molar-refractivity contribution in [3.63, 3.8) is 0 Å². The first-order chi connectivity index (χ1) is 8.49. The van der Waals surface area contributed by atoms with Crippen molar-refractivity contribution in [2.75, 3.05) is 46.3 Å². The number of hydrogen-bond donors (Lipinski definition) is 3. The summed E-state index contributed by atoms with van der Waals surface area (Å²) in [6.45, 7) is 4.67. The second-order valence-corrected chi connectivity index (χ2v) is 4.64. The summed E-state index contributed by atoms with van der Waals surface area (Å²) in [5.74, 6) is -1.25. The van der Waals surface area contributed by atoms with Crippen LogP contribution in [0, 0.1) is 0 Å². The van der Waals surface area contributed by atoms with Crippen LogP contribution in [-0.4, -0.2) is 79.1 Å². The van der Waals surface area contributed by atoms with Crippen molar-refractivity contribution < 1.29 is 14.7 Å². The fourth-order valence-electron chi connectivity index (χ4n) is 1.73. The Morgan fingerprint density at radius 2 is 1.94 bits per heavy atom. The van der Waals surface area contributed by atoms with Crippen LogP contribution in [0.25, 0.3) is 0 Å². The number of carbonyl (C=O) groups is 2. The molecular formula is C11H22N4O3. The molecule has 1 fully saturated rings. The number of aliphatic carboxylic acids is 1. The molecule has 104 valence electrons. The molecule has 0 saturated carbocycles. The molecule has 7 nitrogen and oxygen atoms in total. The van der Waals surface area contributed by atoms with Crippen molar-refractivity contribution in [1.82, 2.24) is 15.1 Å². The Labute approximate surface area is 107 Å². The second-order valence-electron chi connectivity index (χ2n) is 4.64. The third-order valence-corrected chi connectivity index (χ3v) is 3.09. The van der Waals surface area contributed by atoms with Crippen molar-refractivity contribution in [1.29, 1.82) is 0 Å². The van der Waals surface area contributed by atoms with Crippen LogP contribution in [0.3, 0.4) is 0 Å². The fraction of sp³-hybridized carbons (Fsp3) is 0.818. The maximum Gasteiger partial charge on any atom is 0.322 e. The molecule has 0 spiro atoms. The summed E-state index contributed by atoms with van der Waals surface area (Å²) in [6, 6.07) is -1.03. The summed E-state index contributed by atoms with van der Waals surface area (Å²) in [7, 11) is 2.08. The molecule has 1 unspecified atom stereocenters. The van der Waals surface area contributed by atoms with Crippen LogP contribution < -0.4 is 11.1 Å². The Morgan fingerprint density at radius 1 is 1.33 bits per heavy atom. The van der Waals surface area contributed by atoms with Gasteiger partial charge < -0.3 is 26.0 Å². The van der Waals surface area contributed by atoms with E-state index in [1.54, 1.807) is 0 Å². The highest BCUT2D eigenvalue weighted by Gasteiger charge is 2.16. The van der Waals surface area contributed by atoms with Crippen molar-refractivity contribution >= 4 is 11.9 Å². The lowest BCUT2D eigenvalue weighted by atomic mass is 10.2. The maximum atomic E-state index is 11.5. The van der Waals surface area contributed by atoms with Gasteiger partial charge >= 0.3 is 5.97 Å². The number of amides is 1. The third kappa shape index (κ3) is 5.44. The van der Waals surface area contributed by atoms with Crippen LogP contribution in [0.15, 0.2) is 0 Å². The smallest absolute Gasteiger partial charge is 0.322 e. The summed E-state index contributed by atoms with van der Waals surface area (Å²) in [5, 5.41) is 11.1. The van der Waals surface area contributed by atoms with E-state index in [2.05, 4.69) is 22.2 Å². The van der Waals surface area contributed by atoms with Crippen LogP contribution in [0.1, 0.15) is 6.42 Å². The van der Waals surface area contributed by atoms with Gasteiger partial charge in [0.15, 0.2) is 0 Å². The number of carboxylic acids is 1. The second kappa shape index (κ2) is 7.30. The van der Waals surface area contributed by atoms with E-state index in [4.69, 9.17) is 10.8 Å². The fourth-order valence-corrected chi connectivity index (χ4v) is 1.73. The molecule has 0 aromatic carbocycles. The Bertz CT molecular complexity index is 290. The summed E-state index contributed by atoms with van der Waals surface area (Å²) >= 11 is 0. The lowest BCUT2D eigenvalue weighted by Crippen LogP contribution is -2.46. The van der Waals surface area contributed by atoms with Crippen LogP contribution >= 0.6 is 0 Å². The molecule has 0 bridgehead atoms. The van der Waals surface area contributed by atoms with E-state index >= 15 is 0 Å². The minimum atomic E-state index is -1.10. The Morgan fingerprint density at radius 3 is 2.50 bits per heavy atom. The number of rotatable bonds is 6. The molecule has 1 atom stereocenters. The van der Waals surface area contributed by atoms with E-state index in [1.807, 2.05) is 0 Å². The van der Waals surface area contributed by atoms with Crippen molar-refractivity contribution in [3.05, 3.63) is 0 Å². The van der Waals surface area contributed by atoms with Crippen molar-refractivity contribution in [2.24, 2.45) is 5.73 Å². The molecule has 0 radical (unpaired) electrons. The first-order valence-corrected chi connectivity index (χ1v) is 6.15. The summed E-state index contributed by atoms with van der Waals surface area (Å²) in [6.07, 6.45) is 0.385. The van der Waals surface area contributed by atoms with Gasteiger partial charge in [0.2, 0.25) is 5.91 Å². The Hall–Kier alpha value is -1.18. The summed E-state index contributed by atoms with van der Waals surface area (Å²) in [4.78, 5) is 26.4. The van der Waals surface area contributed by atoms with Gasteiger partial charge in [0, 0.05) is 45.7 Å². The first kappa shape index (κ1) is 14.9. The minimum absolute atomic E-state index is 0.0170. The highest BCUT2D eigenvalue weighted by molar-refractivity contribution is 5.78. The van der Waals surface area contributed by atoms with Crippen LogP contribution in [0.4, 0.5) is 0 Å². The van der Waals surface area contributed by atoms with E-state index in [0.29, 0.717) is 13.0 Å². The normalized spacial score (nSPS) is 19.4. The van der Waals surface area contributed by atoms with Gasteiger partial charge in [-0.15, -0.1) is 0 Å². The predicted molar refractivity (Wildman–Crippen MR) is 67.2 cm³/mol. The van der Waals surface area contributed by atoms with E-state index in [1.165, 1.54) is 0 Å². The monoisotopic (exact) mass is 258 g/mol. The number of nitrogens with two attached hydrogens (primary N) is 1. The third-order valence-electron chi connectivity index (χ3n) is 3.09. The van der Waals surface area contributed by atoms with Crippen LogP contribution in [0.5, 0.6) is 0 Å². The number of likely N-dealkylation sites (N-methyl/N-ethyl adjacent to an activating group) is 1. The van der Waals surface area contributed by atoms with Crippen LogP contribution in [-0.2, 0) is 9.59 Å². The number of nitrogens with one attached hydrogen (secondary N) is 1. The number of nitrogens with zero attached hydrogens (tertiary/aromatic N) is 2. The number of hydrogen-bond acceptors (Lipinski definition) is 5. The Balaban J connectivity index is 2.11. The van der Waals surface area contributed by atoms with Gasteiger partial charge in [-0.2, -0.15) is 0 Å². The first-order valence-electron chi connectivity index (χ1n) is 6.15. The SMILES string of the molecule is CN1CCN(CCC(=O)NCC(N)C(=O)O)CC1. The molecule has 4 N–H and O–H groups in total. The van der Waals surface area contributed by atoms with Gasteiger partial charge in [-0.05, 0) is 7.05 Å². The van der Waals surface area contributed by atoms with Gasteiger partial charge in [0.25, 0.3) is 0 Å². The topological polar surface area (TPSA) is 98.9 Å². The molecule has 0 aromatic heterocycles. The average Bonchev–Trinajstić information content (AvgIpc) is 2.35. The molecule has 1 rings (SSSR count). The molecule has 1 aliphatic heterocycles. The van der Waals surface area contributed by atoms with Gasteiger partial charge in [-0.3, -0.25) is 9.59 Å². The molecule has 0 aliphatic carbocycles. The minimum Gasteiger partial charge on any atom is -0.480 e. The van der Waals surface area contributed by atoms with Gasteiger partial charge in [-0.1, -0.05) is 0 Å². The zero-order valence-electron chi connectivity index (χ0n) is 10.8. The van der Waals surface area contributed by atoms with Gasteiger partial charge in [0.05, 0.1) is 0 Å². The number of piperazine rings is 1. The van der Waals surface area contributed by atoms with Crippen molar-refractivity contribution in [2.45, 2.75) is 12.5 Å². The van der Waals surface area contributed by atoms with E-state index < -0.39 is 12.0 Å². The zero-order valence-corrected chi connectivity index (χ0v) is 10.8. The molecule has 18 heavy (non-hydrogen) atoms. The molecule has 0 aromatic rings. The van der Waals surface area contributed by atoms with E-state index in [0.717, 1.165) is 26.2 Å². The van der Waals surface area contributed by atoms with Gasteiger partial charge in [0.1, 0.15) is 6.04 Å². The highest BCUT2D eigenvalue weighted by Crippen LogP contribution is 1.99. The molecule has 1 saturated heterocycles. The number of carbonyl (C=O) groups excluding carboxylic acids is 1. The lowest BCUT2D eigenvalue weighted by molar-refractivity contribution is -0.138. The number of carboxylic acid groups (broad SMARTS) is 1. The zero-order chi connectivity index (χ0) is 13.5. The van der Waals surface area contributed by atoms with Crippen molar-refractivity contribution in [3.8, 4) is 0 Å². The maximum absolute atomic E-state index is 11.5. The predicted octanol–water partition coefficient (Wildman–Crippen LogP) is -1.85. The molecular weight excluding hydrogens is 236 g/mol. The highest BCUT2D eigenvalue weighted by atomic mass is 16.4. The van der Waals surface area contributed by atoms with Crippen LogP contribution in [0.2, 0.25) is 0 Å². The molecule has 7 heteroatoms. The standard InChI is InChI=1S/C11H22N4O3/c1-14-4-6-15(7-5-14)3-2-10(16)13-8-9(12)11(17)18/h9H,2-8,12H2,1H3,(H,13,16)(H,17,18). The lowest BCUT2D eigenvalue weighted by Gasteiger charge is -2.32. The molecule has 1 aliphatic rings. The largest absolute Gasteiger partial charge is 0.480 e. The van der Waals surface area contributed by atoms with Gasteiger partial charge in [-0.25, -0.2) is 0 Å². The quantitative estimate of drug-likeness (QED) is 0.517. The molecule has 1 heterocycles. The van der Waals surface area contributed by atoms with E-state index in [9.17, 15) is 9.59 Å².